The van der Waals surface area contributed by atoms with E-state index in [0.717, 1.165) is 10.0 Å². The summed E-state index contributed by atoms with van der Waals surface area (Å²) in [5.74, 6) is 0.865. The van der Waals surface area contributed by atoms with Gasteiger partial charge in [0.05, 0.1) is 7.11 Å². The van der Waals surface area contributed by atoms with Crippen LogP contribution >= 0.6 is 15.9 Å². The fraction of sp³-hybridized carbons (Fsp3) is 0.364. The highest BCUT2D eigenvalue weighted by molar-refractivity contribution is 9.10. The van der Waals surface area contributed by atoms with Gasteiger partial charge in [-0.2, -0.15) is 0 Å². The molecular formula is C22H27BrN2O4. The van der Waals surface area contributed by atoms with E-state index in [9.17, 15) is 9.59 Å². The molecule has 2 aromatic rings. The van der Waals surface area contributed by atoms with Crippen LogP contribution in [0, 0.1) is 0 Å². The fourth-order valence-electron chi connectivity index (χ4n) is 2.94. The lowest BCUT2D eigenvalue weighted by atomic mass is 10.1. The molecule has 0 saturated heterocycles. The van der Waals surface area contributed by atoms with Crippen LogP contribution in [-0.4, -0.2) is 43.0 Å². The molecule has 0 aliphatic carbocycles. The summed E-state index contributed by atoms with van der Waals surface area (Å²) >= 11 is 3.37. The number of methoxy groups -OCH3 is 1. The smallest absolute Gasteiger partial charge is 0.261 e. The Balaban J connectivity index is 2.20. The van der Waals surface area contributed by atoms with Crippen molar-refractivity contribution in [3.8, 4) is 11.5 Å². The molecule has 0 fully saturated rings. The standard InChI is InChI=1S/C22H27BrN2O4/c1-4-20(22(27)24-5-2)25(14-16-7-6-8-19(13-16)28-3)21(26)15-29-18-11-9-17(23)10-12-18/h6-13,20H,4-5,14-15H2,1-3H3,(H,24,27). The Morgan fingerprint density at radius 2 is 1.83 bits per heavy atom. The second-order valence-electron chi connectivity index (χ2n) is 6.43. The van der Waals surface area contributed by atoms with Crippen LogP contribution in [0.25, 0.3) is 0 Å². The summed E-state index contributed by atoms with van der Waals surface area (Å²) in [6.45, 7) is 4.39. The molecule has 0 aliphatic rings. The SMILES string of the molecule is CCNC(=O)C(CC)N(Cc1cccc(OC)c1)C(=O)COc1ccc(Br)cc1. The zero-order valence-corrected chi connectivity index (χ0v) is 18.6. The Kier molecular flexibility index (Phi) is 8.99. The molecule has 7 heteroatoms. The van der Waals surface area contributed by atoms with E-state index in [1.165, 1.54) is 0 Å². The van der Waals surface area contributed by atoms with Crippen LogP contribution in [-0.2, 0) is 16.1 Å². The van der Waals surface area contributed by atoms with Crippen molar-refractivity contribution >= 4 is 27.7 Å². The van der Waals surface area contributed by atoms with E-state index in [4.69, 9.17) is 9.47 Å². The average Bonchev–Trinajstić information content (AvgIpc) is 2.73. The highest BCUT2D eigenvalue weighted by Crippen LogP contribution is 2.19. The lowest BCUT2D eigenvalue weighted by molar-refractivity contribution is -0.142. The molecule has 1 unspecified atom stereocenters. The second-order valence-corrected chi connectivity index (χ2v) is 7.35. The summed E-state index contributed by atoms with van der Waals surface area (Å²) < 4.78 is 11.9. The van der Waals surface area contributed by atoms with Crippen molar-refractivity contribution in [3.05, 3.63) is 58.6 Å². The van der Waals surface area contributed by atoms with Crippen LogP contribution in [0.4, 0.5) is 0 Å². The lowest BCUT2D eigenvalue weighted by Crippen LogP contribution is -2.50. The molecule has 0 aliphatic heterocycles. The Hall–Kier alpha value is -2.54. The Bertz CT molecular complexity index is 811. The summed E-state index contributed by atoms with van der Waals surface area (Å²) in [7, 11) is 1.59. The van der Waals surface area contributed by atoms with E-state index < -0.39 is 6.04 Å². The van der Waals surface area contributed by atoms with Gasteiger partial charge in [0.1, 0.15) is 17.5 Å². The predicted molar refractivity (Wildman–Crippen MR) is 116 cm³/mol. The minimum Gasteiger partial charge on any atom is -0.497 e. The number of nitrogens with zero attached hydrogens (tertiary/aromatic N) is 1. The first-order valence-corrected chi connectivity index (χ1v) is 10.4. The van der Waals surface area contributed by atoms with Crippen LogP contribution in [0.15, 0.2) is 53.0 Å². The van der Waals surface area contributed by atoms with Crippen LogP contribution < -0.4 is 14.8 Å². The summed E-state index contributed by atoms with van der Waals surface area (Å²) in [6, 6.07) is 14.1. The third-order valence-corrected chi connectivity index (χ3v) is 4.93. The predicted octanol–water partition coefficient (Wildman–Crippen LogP) is 3.78. The Morgan fingerprint density at radius 1 is 1.10 bits per heavy atom. The minimum atomic E-state index is -0.581. The summed E-state index contributed by atoms with van der Waals surface area (Å²) in [5.41, 5.74) is 0.879. The number of ether oxygens (including phenoxy) is 2. The molecule has 0 saturated carbocycles. The first-order chi connectivity index (χ1) is 14.0. The molecule has 0 aromatic heterocycles. The number of nitrogens with one attached hydrogen (secondary N) is 1. The highest BCUT2D eigenvalue weighted by atomic mass is 79.9. The number of rotatable bonds is 10. The van der Waals surface area contributed by atoms with E-state index in [2.05, 4.69) is 21.2 Å². The average molecular weight is 463 g/mol. The van der Waals surface area contributed by atoms with Crippen LogP contribution in [0.1, 0.15) is 25.8 Å². The molecule has 156 valence electrons. The largest absolute Gasteiger partial charge is 0.497 e. The van der Waals surface area contributed by atoms with Crippen molar-refractivity contribution in [1.82, 2.24) is 10.2 Å². The number of benzene rings is 2. The number of hydrogen-bond donors (Lipinski definition) is 1. The van der Waals surface area contributed by atoms with Gasteiger partial charge in [-0.25, -0.2) is 0 Å². The van der Waals surface area contributed by atoms with Crippen molar-refractivity contribution in [2.75, 3.05) is 20.3 Å². The molecule has 6 nitrogen and oxygen atoms in total. The zero-order valence-electron chi connectivity index (χ0n) is 17.0. The van der Waals surface area contributed by atoms with Gasteiger partial charge >= 0.3 is 0 Å². The Labute approximate surface area is 180 Å². The van der Waals surface area contributed by atoms with Crippen LogP contribution in [0.5, 0.6) is 11.5 Å². The van der Waals surface area contributed by atoms with Crippen molar-refractivity contribution in [2.45, 2.75) is 32.9 Å². The molecular weight excluding hydrogens is 436 g/mol. The van der Waals surface area contributed by atoms with Gasteiger partial charge in [0, 0.05) is 17.6 Å². The van der Waals surface area contributed by atoms with Gasteiger partial charge in [0.25, 0.3) is 5.91 Å². The van der Waals surface area contributed by atoms with Gasteiger partial charge in [0.15, 0.2) is 6.61 Å². The summed E-state index contributed by atoms with van der Waals surface area (Å²) in [5, 5.41) is 2.82. The van der Waals surface area contributed by atoms with Crippen molar-refractivity contribution in [1.29, 1.82) is 0 Å². The number of carbonyl (C=O) groups excluding carboxylic acids is 2. The molecule has 0 heterocycles. The van der Waals surface area contributed by atoms with E-state index in [1.807, 2.05) is 50.2 Å². The maximum absolute atomic E-state index is 13.0. The lowest BCUT2D eigenvalue weighted by Gasteiger charge is -2.30. The van der Waals surface area contributed by atoms with Gasteiger partial charge in [0.2, 0.25) is 5.91 Å². The topological polar surface area (TPSA) is 67.9 Å². The molecule has 0 radical (unpaired) electrons. The molecule has 0 spiro atoms. The van der Waals surface area contributed by atoms with Gasteiger partial charge in [-0.05, 0) is 55.3 Å². The number of carbonyl (C=O) groups is 2. The highest BCUT2D eigenvalue weighted by Gasteiger charge is 2.28. The molecule has 2 aromatic carbocycles. The fourth-order valence-corrected chi connectivity index (χ4v) is 3.20. The normalized spacial score (nSPS) is 11.4. The number of likely N-dealkylation sites (N-methyl/N-ethyl adjacent to an activating group) is 1. The number of halogens is 1. The molecule has 0 bridgehead atoms. The molecule has 2 amide bonds. The minimum absolute atomic E-state index is 0.151. The molecule has 1 atom stereocenters. The quantitative estimate of drug-likeness (QED) is 0.583. The van der Waals surface area contributed by atoms with E-state index >= 15 is 0 Å². The molecule has 2 rings (SSSR count). The molecule has 29 heavy (non-hydrogen) atoms. The number of amides is 2. The van der Waals surface area contributed by atoms with Gasteiger partial charge in [-0.15, -0.1) is 0 Å². The van der Waals surface area contributed by atoms with E-state index in [0.29, 0.717) is 24.5 Å². The first-order valence-electron chi connectivity index (χ1n) is 9.56. The first kappa shape index (κ1) is 22.7. The zero-order chi connectivity index (χ0) is 21.2. The van der Waals surface area contributed by atoms with Crippen molar-refractivity contribution in [2.24, 2.45) is 0 Å². The van der Waals surface area contributed by atoms with E-state index in [-0.39, 0.29) is 25.0 Å². The van der Waals surface area contributed by atoms with Crippen molar-refractivity contribution < 1.29 is 19.1 Å². The monoisotopic (exact) mass is 462 g/mol. The van der Waals surface area contributed by atoms with Crippen LogP contribution in [0.3, 0.4) is 0 Å². The van der Waals surface area contributed by atoms with Crippen LogP contribution in [0.2, 0.25) is 0 Å². The third kappa shape index (κ3) is 6.78. The second kappa shape index (κ2) is 11.5. The van der Waals surface area contributed by atoms with Gasteiger partial charge < -0.3 is 19.7 Å². The van der Waals surface area contributed by atoms with Crippen molar-refractivity contribution in [3.63, 3.8) is 0 Å². The van der Waals surface area contributed by atoms with Gasteiger partial charge in [-0.1, -0.05) is 35.0 Å². The maximum Gasteiger partial charge on any atom is 0.261 e. The van der Waals surface area contributed by atoms with Gasteiger partial charge in [-0.3, -0.25) is 9.59 Å². The molecule has 1 N–H and O–H groups in total. The third-order valence-electron chi connectivity index (χ3n) is 4.40. The summed E-state index contributed by atoms with van der Waals surface area (Å²) in [4.78, 5) is 27.2. The number of hydrogen-bond acceptors (Lipinski definition) is 4. The summed E-state index contributed by atoms with van der Waals surface area (Å²) in [6.07, 6.45) is 0.500. The van der Waals surface area contributed by atoms with E-state index in [1.54, 1.807) is 24.1 Å². The maximum atomic E-state index is 13.0. The Morgan fingerprint density at radius 3 is 2.45 bits per heavy atom.